The third kappa shape index (κ3) is 2.61. The minimum absolute atomic E-state index is 0.233. The monoisotopic (exact) mass is 336 g/mol. The summed E-state index contributed by atoms with van der Waals surface area (Å²) in [5, 5.41) is 20.6. The molecule has 0 spiro atoms. The lowest BCUT2D eigenvalue weighted by Crippen LogP contribution is -1.87. The smallest absolute Gasteiger partial charge is 0.133 e. The fourth-order valence-electron chi connectivity index (χ4n) is 3.62. The Labute approximate surface area is 152 Å². The molecule has 3 nitrogen and oxygen atoms in total. The first-order valence-corrected chi connectivity index (χ1v) is 8.48. The summed E-state index contributed by atoms with van der Waals surface area (Å²) in [6, 6.07) is 22.8. The molecule has 26 heavy (non-hydrogen) atoms. The highest BCUT2D eigenvalue weighted by atomic mass is 16.5. The van der Waals surface area contributed by atoms with Crippen molar-refractivity contribution in [1.29, 1.82) is 10.5 Å². The Balaban J connectivity index is 1.77. The van der Waals surface area contributed by atoms with E-state index in [1.165, 1.54) is 10.9 Å². The first kappa shape index (κ1) is 15.9. The van der Waals surface area contributed by atoms with Crippen molar-refractivity contribution in [3.63, 3.8) is 0 Å². The number of nitriles is 2. The Kier molecular flexibility index (Phi) is 3.92. The molecule has 0 saturated carbocycles. The largest absolute Gasteiger partial charge is 0.497 e. The molecule has 1 aliphatic carbocycles. The van der Waals surface area contributed by atoms with Crippen LogP contribution in [0.2, 0.25) is 0 Å². The van der Waals surface area contributed by atoms with Crippen molar-refractivity contribution in [2.24, 2.45) is 0 Å². The molecule has 0 fully saturated rings. The van der Waals surface area contributed by atoms with Gasteiger partial charge in [-0.05, 0) is 69.6 Å². The van der Waals surface area contributed by atoms with Crippen molar-refractivity contribution in [3.05, 3.63) is 71.3 Å². The molecule has 0 unspecified atom stereocenters. The van der Waals surface area contributed by atoms with E-state index >= 15 is 0 Å². The zero-order valence-corrected chi connectivity index (χ0v) is 14.4. The zero-order valence-electron chi connectivity index (χ0n) is 14.4. The molecule has 3 aromatic carbocycles. The summed E-state index contributed by atoms with van der Waals surface area (Å²) in [7, 11) is 1.67. The lowest BCUT2D eigenvalue weighted by Gasteiger charge is -2.08. The van der Waals surface area contributed by atoms with E-state index in [-0.39, 0.29) is 5.57 Å². The number of ether oxygens (including phenoxy) is 1. The van der Waals surface area contributed by atoms with Crippen LogP contribution in [0.3, 0.4) is 0 Å². The average molecular weight is 336 g/mol. The predicted octanol–water partition coefficient (Wildman–Crippen LogP) is 5.26. The molecule has 0 atom stereocenters. The Hall–Kier alpha value is -3.56. The van der Waals surface area contributed by atoms with Gasteiger partial charge in [-0.25, -0.2) is 0 Å². The van der Waals surface area contributed by atoms with Gasteiger partial charge in [-0.1, -0.05) is 36.4 Å². The van der Waals surface area contributed by atoms with Gasteiger partial charge in [0.2, 0.25) is 0 Å². The van der Waals surface area contributed by atoms with E-state index in [0.29, 0.717) is 0 Å². The summed E-state index contributed by atoms with van der Waals surface area (Å²) in [6.07, 6.45) is 1.63. The number of hydrogen-bond acceptors (Lipinski definition) is 3. The fraction of sp³-hybridized carbons (Fsp3) is 0.130. The Morgan fingerprint density at radius 2 is 1.54 bits per heavy atom. The van der Waals surface area contributed by atoms with Crippen LogP contribution in [0.5, 0.6) is 5.75 Å². The van der Waals surface area contributed by atoms with Gasteiger partial charge < -0.3 is 4.74 Å². The van der Waals surface area contributed by atoms with E-state index in [1.54, 1.807) is 7.11 Å². The van der Waals surface area contributed by atoms with Gasteiger partial charge in [-0.2, -0.15) is 10.5 Å². The SMILES string of the molecule is COc1ccc2cc(-c3ccc4c(c3)CCC4=C(C#N)C#N)ccc2c1. The van der Waals surface area contributed by atoms with E-state index in [2.05, 4.69) is 36.4 Å². The normalized spacial score (nSPS) is 12.3. The van der Waals surface area contributed by atoms with Crippen LogP contribution in [0.15, 0.2) is 60.2 Å². The number of nitrogens with zero attached hydrogens (tertiary/aromatic N) is 2. The highest BCUT2D eigenvalue weighted by Crippen LogP contribution is 2.37. The van der Waals surface area contributed by atoms with Crippen LogP contribution in [0.4, 0.5) is 0 Å². The van der Waals surface area contributed by atoms with Gasteiger partial charge in [-0.3, -0.25) is 0 Å². The molecular formula is C23H16N2O. The van der Waals surface area contributed by atoms with E-state index in [4.69, 9.17) is 15.3 Å². The van der Waals surface area contributed by atoms with Crippen molar-refractivity contribution in [1.82, 2.24) is 0 Å². The second-order valence-corrected chi connectivity index (χ2v) is 6.38. The Bertz CT molecular complexity index is 1130. The van der Waals surface area contributed by atoms with Crippen molar-refractivity contribution >= 4 is 16.3 Å². The van der Waals surface area contributed by atoms with E-state index in [1.807, 2.05) is 30.3 Å². The second kappa shape index (κ2) is 6.39. The van der Waals surface area contributed by atoms with Gasteiger partial charge in [0.25, 0.3) is 0 Å². The highest BCUT2D eigenvalue weighted by Gasteiger charge is 2.20. The van der Waals surface area contributed by atoms with Crippen LogP contribution in [-0.4, -0.2) is 7.11 Å². The van der Waals surface area contributed by atoms with Crippen molar-refractivity contribution in [3.8, 4) is 29.0 Å². The molecule has 1 aliphatic rings. The minimum atomic E-state index is 0.233. The second-order valence-electron chi connectivity index (χ2n) is 6.38. The van der Waals surface area contributed by atoms with Crippen LogP contribution in [0.1, 0.15) is 17.5 Å². The number of methoxy groups -OCH3 is 1. The first-order chi connectivity index (χ1) is 12.7. The molecule has 0 radical (unpaired) electrons. The van der Waals surface area contributed by atoms with E-state index in [0.717, 1.165) is 46.2 Å². The average Bonchev–Trinajstić information content (AvgIpc) is 3.11. The lowest BCUT2D eigenvalue weighted by atomic mass is 9.96. The summed E-state index contributed by atoms with van der Waals surface area (Å²) < 4.78 is 5.29. The Morgan fingerprint density at radius 1 is 0.846 bits per heavy atom. The zero-order chi connectivity index (χ0) is 18.1. The number of aryl methyl sites for hydroxylation is 1. The number of hydrogen-bond donors (Lipinski definition) is 0. The maximum absolute atomic E-state index is 9.14. The summed E-state index contributed by atoms with van der Waals surface area (Å²) in [5.41, 5.74) is 5.66. The van der Waals surface area contributed by atoms with Gasteiger partial charge in [0.05, 0.1) is 7.11 Å². The number of benzene rings is 3. The molecule has 0 N–H and O–H groups in total. The van der Waals surface area contributed by atoms with Crippen LogP contribution >= 0.6 is 0 Å². The van der Waals surface area contributed by atoms with E-state index < -0.39 is 0 Å². The van der Waals surface area contributed by atoms with Gasteiger partial charge in [0.15, 0.2) is 0 Å². The van der Waals surface area contributed by atoms with Crippen molar-refractivity contribution in [2.45, 2.75) is 12.8 Å². The van der Waals surface area contributed by atoms with Crippen LogP contribution < -0.4 is 4.74 Å². The standard InChI is InChI=1S/C23H16N2O/c1-26-21-7-4-16-10-15(2-3-18(16)12-21)17-5-8-22-19(11-17)6-9-23(22)20(13-24)14-25/h2-5,7-8,10-12H,6,9H2,1H3. The molecule has 3 aromatic rings. The third-order valence-corrected chi connectivity index (χ3v) is 4.98. The molecule has 4 rings (SSSR count). The number of fused-ring (bicyclic) bond motifs is 2. The van der Waals surface area contributed by atoms with Crippen LogP contribution in [0.25, 0.3) is 27.5 Å². The molecule has 0 heterocycles. The molecular weight excluding hydrogens is 320 g/mol. The third-order valence-electron chi connectivity index (χ3n) is 4.98. The van der Waals surface area contributed by atoms with Gasteiger partial charge in [0, 0.05) is 0 Å². The maximum Gasteiger partial charge on any atom is 0.133 e. The fourth-order valence-corrected chi connectivity index (χ4v) is 3.62. The van der Waals surface area contributed by atoms with Gasteiger partial charge in [-0.15, -0.1) is 0 Å². The molecule has 0 saturated heterocycles. The lowest BCUT2D eigenvalue weighted by molar-refractivity contribution is 0.415. The first-order valence-electron chi connectivity index (χ1n) is 8.48. The molecule has 0 aliphatic heterocycles. The van der Waals surface area contributed by atoms with Crippen LogP contribution in [0, 0.1) is 22.7 Å². The molecule has 124 valence electrons. The molecule has 0 bridgehead atoms. The summed E-state index contributed by atoms with van der Waals surface area (Å²) in [4.78, 5) is 0. The minimum Gasteiger partial charge on any atom is -0.497 e. The molecule has 0 aromatic heterocycles. The highest BCUT2D eigenvalue weighted by molar-refractivity contribution is 5.89. The summed E-state index contributed by atoms with van der Waals surface area (Å²) in [5.74, 6) is 0.855. The summed E-state index contributed by atoms with van der Waals surface area (Å²) in [6.45, 7) is 0. The van der Waals surface area contributed by atoms with E-state index in [9.17, 15) is 0 Å². The summed E-state index contributed by atoms with van der Waals surface area (Å²) >= 11 is 0. The predicted molar refractivity (Wildman–Crippen MR) is 102 cm³/mol. The van der Waals surface area contributed by atoms with Gasteiger partial charge >= 0.3 is 0 Å². The molecule has 0 amide bonds. The topological polar surface area (TPSA) is 56.8 Å². The van der Waals surface area contributed by atoms with Crippen molar-refractivity contribution < 1.29 is 4.74 Å². The maximum atomic E-state index is 9.14. The Morgan fingerprint density at radius 3 is 2.31 bits per heavy atom. The van der Waals surface area contributed by atoms with Crippen LogP contribution in [-0.2, 0) is 6.42 Å². The quantitative estimate of drug-likeness (QED) is 0.600. The van der Waals surface area contributed by atoms with Crippen molar-refractivity contribution in [2.75, 3.05) is 7.11 Å². The number of allylic oxidation sites excluding steroid dienone is 2. The molecule has 3 heteroatoms. The van der Waals surface area contributed by atoms with Gasteiger partial charge in [0.1, 0.15) is 23.5 Å². The number of rotatable bonds is 2.